The molecule has 0 saturated heterocycles. The summed E-state index contributed by atoms with van der Waals surface area (Å²) in [4.78, 5) is 0. The first kappa shape index (κ1) is 15.8. The molecule has 4 nitrogen and oxygen atoms in total. The first-order chi connectivity index (χ1) is 9.69. The standard InChI is InChI=1S/C15H23BrN2O2/c1-20-15-6-5-11(16)7-12(15)14(8-17)18-13-4-2-3-10(13)9-19/h5-7,10,13-14,18-19H,2-4,8-9,17H2,1H3. The van der Waals surface area contributed by atoms with Gasteiger partial charge in [-0.15, -0.1) is 0 Å². The summed E-state index contributed by atoms with van der Waals surface area (Å²) < 4.78 is 6.45. The number of rotatable bonds is 6. The predicted octanol–water partition coefficient (Wildman–Crippen LogP) is 2.21. The Labute approximate surface area is 128 Å². The number of aliphatic hydroxyl groups excluding tert-OH is 1. The van der Waals surface area contributed by atoms with Crippen LogP contribution < -0.4 is 15.8 Å². The average molecular weight is 343 g/mol. The van der Waals surface area contributed by atoms with E-state index in [4.69, 9.17) is 10.5 Å². The van der Waals surface area contributed by atoms with Gasteiger partial charge < -0.3 is 20.9 Å². The number of hydrogen-bond acceptors (Lipinski definition) is 4. The highest BCUT2D eigenvalue weighted by atomic mass is 79.9. The Morgan fingerprint density at radius 1 is 1.50 bits per heavy atom. The number of benzene rings is 1. The lowest BCUT2D eigenvalue weighted by atomic mass is 10.0. The van der Waals surface area contributed by atoms with Crippen LogP contribution in [0.2, 0.25) is 0 Å². The van der Waals surface area contributed by atoms with Gasteiger partial charge in [-0.3, -0.25) is 0 Å². The molecule has 0 bridgehead atoms. The van der Waals surface area contributed by atoms with E-state index in [1.165, 1.54) is 0 Å². The molecule has 1 saturated carbocycles. The van der Waals surface area contributed by atoms with Crippen LogP contribution in [0.1, 0.15) is 30.9 Å². The van der Waals surface area contributed by atoms with Crippen molar-refractivity contribution in [3.8, 4) is 5.75 Å². The van der Waals surface area contributed by atoms with Crippen molar-refractivity contribution in [1.29, 1.82) is 0 Å². The van der Waals surface area contributed by atoms with Crippen LogP contribution in [0, 0.1) is 5.92 Å². The fourth-order valence-electron chi connectivity index (χ4n) is 3.00. The lowest BCUT2D eigenvalue weighted by molar-refractivity contribution is 0.199. The zero-order valence-corrected chi connectivity index (χ0v) is 13.4. The van der Waals surface area contributed by atoms with E-state index in [1.807, 2.05) is 18.2 Å². The summed E-state index contributed by atoms with van der Waals surface area (Å²) in [5, 5.41) is 13.0. The summed E-state index contributed by atoms with van der Waals surface area (Å²) in [5.74, 6) is 1.18. The lowest BCUT2D eigenvalue weighted by Crippen LogP contribution is -2.40. The van der Waals surface area contributed by atoms with Crippen molar-refractivity contribution in [1.82, 2.24) is 5.32 Å². The molecule has 112 valence electrons. The Bertz CT molecular complexity index is 442. The lowest BCUT2D eigenvalue weighted by Gasteiger charge is -2.27. The van der Waals surface area contributed by atoms with Gasteiger partial charge in [0.1, 0.15) is 5.75 Å². The summed E-state index contributed by atoms with van der Waals surface area (Å²) in [5.41, 5.74) is 7.01. The van der Waals surface area contributed by atoms with E-state index in [1.54, 1.807) is 7.11 Å². The molecule has 1 aromatic carbocycles. The third-order valence-electron chi connectivity index (χ3n) is 4.11. The van der Waals surface area contributed by atoms with E-state index in [-0.39, 0.29) is 12.6 Å². The van der Waals surface area contributed by atoms with Crippen LogP contribution >= 0.6 is 15.9 Å². The molecule has 0 amide bonds. The summed E-state index contributed by atoms with van der Waals surface area (Å²) in [6.07, 6.45) is 3.34. The van der Waals surface area contributed by atoms with Gasteiger partial charge in [-0.1, -0.05) is 22.4 Å². The van der Waals surface area contributed by atoms with Gasteiger partial charge in [-0.25, -0.2) is 0 Å². The number of halogens is 1. The Morgan fingerprint density at radius 2 is 2.30 bits per heavy atom. The number of ether oxygens (including phenoxy) is 1. The highest BCUT2D eigenvalue weighted by Gasteiger charge is 2.29. The van der Waals surface area contributed by atoms with Gasteiger partial charge >= 0.3 is 0 Å². The van der Waals surface area contributed by atoms with Crippen LogP contribution in [-0.4, -0.2) is 31.4 Å². The molecule has 1 aromatic rings. The van der Waals surface area contributed by atoms with Gasteiger partial charge in [0, 0.05) is 35.3 Å². The molecular formula is C15H23BrN2O2. The molecule has 0 aliphatic heterocycles. The van der Waals surface area contributed by atoms with Crippen LogP contribution in [0.15, 0.2) is 22.7 Å². The minimum Gasteiger partial charge on any atom is -0.496 e. The second-order valence-electron chi connectivity index (χ2n) is 5.32. The van der Waals surface area contributed by atoms with Crippen LogP contribution in [0.5, 0.6) is 5.75 Å². The molecule has 4 N–H and O–H groups in total. The predicted molar refractivity (Wildman–Crippen MR) is 83.8 cm³/mol. The summed E-state index contributed by atoms with van der Waals surface area (Å²) >= 11 is 3.50. The fourth-order valence-corrected chi connectivity index (χ4v) is 3.37. The number of aliphatic hydroxyl groups is 1. The smallest absolute Gasteiger partial charge is 0.123 e. The van der Waals surface area contributed by atoms with Crippen LogP contribution in [0.25, 0.3) is 0 Å². The molecule has 2 rings (SSSR count). The highest BCUT2D eigenvalue weighted by molar-refractivity contribution is 9.10. The Balaban J connectivity index is 2.17. The quantitative estimate of drug-likeness (QED) is 0.741. The summed E-state index contributed by atoms with van der Waals surface area (Å²) in [7, 11) is 1.67. The molecule has 0 heterocycles. The van der Waals surface area contributed by atoms with Crippen molar-refractivity contribution in [3.63, 3.8) is 0 Å². The molecule has 1 aliphatic rings. The van der Waals surface area contributed by atoms with E-state index >= 15 is 0 Å². The molecule has 3 atom stereocenters. The van der Waals surface area contributed by atoms with Crippen LogP contribution in [0.4, 0.5) is 0 Å². The number of nitrogens with one attached hydrogen (secondary N) is 1. The molecular weight excluding hydrogens is 320 g/mol. The maximum absolute atomic E-state index is 9.43. The van der Waals surface area contributed by atoms with Crippen molar-refractivity contribution >= 4 is 15.9 Å². The van der Waals surface area contributed by atoms with Crippen LogP contribution in [-0.2, 0) is 0 Å². The second kappa shape index (κ2) is 7.41. The Morgan fingerprint density at radius 3 is 2.95 bits per heavy atom. The van der Waals surface area contributed by atoms with E-state index in [0.29, 0.717) is 18.5 Å². The van der Waals surface area contributed by atoms with E-state index < -0.39 is 0 Å². The van der Waals surface area contributed by atoms with Crippen molar-refractivity contribution in [2.24, 2.45) is 11.7 Å². The minimum atomic E-state index is 0.0413. The van der Waals surface area contributed by atoms with Gasteiger partial charge in [0.25, 0.3) is 0 Å². The summed E-state index contributed by atoms with van der Waals surface area (Å²) in [6.45, 7) is 0.742. The van der Waals surface area contributed by atoms with Crippen LogP contribution in [0.3, 0.4) is 0 Å². The Kier molecular flexibility index (Phi) is 5.84. The fraction of sp³-hybridized carbons (Fsp3) is 0.600. The van der Waals surface area contributed by atoms with Crippen molar-refractivity contribution in [3.05, 3.63) is 28.2 Å². The number of nitrogens with two attached hydrogens (primary N) is 1. The maximum Gasteiger partial charge on any atom is 0.123 e. The second-order valence-corrected chi connectivity index (χ2v) is 6.24. The minimum absolute atomic E-state index is 0.0413. The molecule has 20 heavy (non-hydrogen) atoms. The zero-order chi connectivity index (χ0) is 14.5. The van der Waals surface area contributed by atoms with E-state index in [9.17, 15) is 5.11 Å². The van der Waals surface area contributed by atoms with Crippen molar-refractivity contribution in [2.75, 3.05) is 20.3 Å². The average Bonchev–Trinajstić information content (AvgIpc) is 2.91. The van der Waals surface area contributed by atoms with Gasteiger partial charge in [-0.2, -0.15) is 0 Å². The van der Waals surface area contributed by atoms with E-state index in [0.717, 1.165) is 35.0 Å². The molecule has 0 spiro atoms. The molecule has 3 unspecified atom stereocenters. The van der Waals surface area contributed by atoms with Gasteiger partial charge in [0.2, 0.25) is 0 Å². The highest BCUT2D eigenvalue weighted by Crippen LogP contribution is 2.31. The molecule has 1 aliphatic carbocycles. The first-order valence-corrected chi connectivity index (χ1v) is 7.89. The topological polar surface area (TPSA) is 67.5 Å². The van der Waals surface area contributed by atoms with Gasteiger partial charge in [-0.05, 0) is 37.0 Å². The maximum atomic E-state index is 9.43. The normalized spacial score (nSPS) is 23.8. The van der Waals surface area contributed by atoms with Crippen molar-refractivity contribution in [2.45, 2.75) is 31.3 Å². The molecule has 0 radical (unpaired) electrons. The first-order valence-electron chi connectivity index (χ1n) is 7.10. The van der Waals surface area contributed by atoms with Gasteiger partial charge in [0.15, 0.2) is 0 Å². The monoisotopic (exact) mass is 342 g/mol. The number of methoxy groups -OCH3 is 1. The SMILES string of the molecule is COc1ccc(Br)cc1C(CN)NC1CCCC1CO. The third kappa shape index (κ3) is 3.52. The van der Waals surface area contributed by atoms with Gasteiger partial charge in [0.05, 0.1) is 7.11 Å². The summed E-state index contributed by atoms with van der Waals surface area (Å²) in [6, 6.07) is 6.33. The third-order valence-corrected chi connectivity index (χ3v) is 4.60. The zero-order valence-electron chi connectivity index (χ0n) is 11.8. The molecule has 1 fully saturated rings. The van der Waals surface area contributed by atoms with Crippen molar-refractivity contribution < 1.29 is 9.84 Å². The number of hydrogen-bond donors (Lipinski definition) is 3. The molecule has 0 aromatic heterocycles. The largest absolute Gasteiger partial charge is 0.496 e. The van der Waals surface area contributed by atoms with E-state index in [2.05, 4.69) is 21.2 Å². The Hall–Kier alpha value is -0.620. The molecule has 5 heteroatoms.